The molecule has 3 rings (SSSR count). The van der Waals surface area contributed by atoms with Crippen LogP contribution < -0.4 is 15.0 Å². The third kappa shape index (κ3) is 4.85. The molecule has 1 heterocycles. The number of rotatable bonds is 7. The quantitative estimate of drug-likeness (QED) is 0.300. The molecule has 0 saturated carbocycles. The van der Waals surface area contributed by atoms with Crippen LogP contribution in [-0.2, 0) is 11.3 Å². The fourth-order valence-corrected chi connectivity index (χ4v) is 2.86. The monoisotopic (exact) mass is 458 g/mol. The number of hydrogen-bond acceptors (Lipinski definition) is 5. The van der Waals surface area contributed by atoms with Crippen molar-refractivity contribution in [1.29, 1.82) is 0 Å². The maximum Gasteiger partial charge on any atom is 0.327 e. The Morgan fingerprint density at radius 2 is 1.90 bits per heavy atom. The van der Waals surface area contributed by atoms with Crippen LogP contribution in [0.15, 0.2) is 53.3 Å². The van der Waals surface area contributed by atoms with E-state index in [1.54, 1.807) is 48.7 Å². The van der Waals surface area contributed by atoms with E-state index in [0.29, 0.717) is 41.2 Å². The number of carbonyl (C=O) groups excluding carboxylic acids is 1. The van der Waals surface area contributed by atoms with Crippen LogP contribution in [0.25, 0.3) is 10.9 Å². The molecule has 0 bridgehead atoms. The van der Waals surface area contributed by atoms with E-state index in [4.69, 9.17) is 9.47 Å². The summed E-state index contributed by atoms with van der Waals surface area (Å²) in [7, 11) is 0. The van der Waals surface area contributed by atoms with Gasteiger partial charge in [0.25, 0.3) is 5.56 Å². The number of hydrogen-bond donors (Lipinski definition) is 0. The summed E-state index contributed by atoms with van der Waals surface area (Å²) in [5, 5.41) is 0.584. The van der Waals surface area contributed by atoms with E-state index < -0.39 is 4.32 Å². The Bertz CT molecular complexity index is 1090. The second kappa shape index (κ2) is 8.78. The molecule has 0 spiro atoms. The number of alkyl halides is 1. The lowest BCUT2D eigenvalue weighted by molar-refractivity contribution is -0.136. The molecule has 1 unspecified atom stereocenters. The van der Waals surface area contributed by atoms with Crippen molar-refractivity contribution in [3.63, 3.8) is 0 Å². The molecule has 0 aliphatic rings. The fraction of sp³-hybridized carbons (Fsp3) is 0.318. The Balaban J connectivity index is 1.68. The Morgan fingerprint density at radius 3 is 2.66 bits per heavy atom. The largest absolute Gasteiger partial charge is 0.492 e. The van der Waals surface area contributed by atoms with Gasteiger partial charge >= 0.3 is 5.97 Å². The van der Waals surface area contributed by atoms with Crippen LogP contribution in [0, 0.1) is 6.92 Å². The van der Waals surface area contributed by atoms with Gasteiger partial charge in [0, 0.05) is 6.07 Å². The van der Waals surface area contributed by atoms with E-state index in [-0.39, 0.29) is 18.1 Å². The van der Waals surface area contributed by atoms with Crippen molar-refractivity contribution in [1.82, 2.24) is 9.55 Å². The van der Waals surface area contributed by atoms with Gasteiger partial charge in [0.2, 0.25) is 0 Å². The number of para-hydroxylation sites is 1. The SMILES string of the molecule is CCC(C)(Br)C(=O)Oc1cccc(OCCn2c(C)nc3ccccc3c2=O)c1. The van der Waals surface area contributed by atoms with Crippen molar-refractivity contribution in [2.45, 2.75) is 38.1 Å². The van der Waals surface area contributed by atoms with E-state index in [1.165, 1.54) is 0 Å². The second-order valence-electron chi connectivity index (χ2n) is 6.90. The van der Waals surface area contributed by atoms with Crippen LogP contribution >= 0.6 is 15.9 Å². The zero-order chi connectivity index (χ0) is 21.0. The summed E-state index contributed by atoms with van der Waals surface area (Å²) in [4.78, 5) is 29.4. The first-order valence-electron chi connectivity index (χ1n) is 9.42. The molecule has 6 nitrogen and oxygen atoms in total. The molecule has 0 aliphatic heterocycles. The van der Waals surface area contributed by atoms with Gasteiger partial charge in [-0.1, -0.05) is 41.1 Å². The van der Waals surface area contributed by atoms with Gasteiger partial charge in [-0.3, -0.25) is 14.2 Å². The topological polar surface area (TPSA) is 70.4 Å². The summed E-state index contributed by atoms with van der Waals surface area (Å²) in [6, 6.07) is 14.2. The molecule has 3 aromatic rings. The van der Waals surface area contributed by atoms with Gasteiger partial charge in [-0.25, -0.2) is 4.98 Å². The highest BCUT2D eigenvalue weighted by Crippen LogP contribution is 2.26. The zero-order valence-corrected chi connectivity index (χ0v) is 18.2. The molecule has 0 saturated heterocycles. The molecule has 0 radical (unpaired) electrons. The van der Waals surface area contributed by atoms with Crippen molar-refractivity contribution in [2.24, 2.45) is 0 Å². The first-order valence-corrected chi connectivity index (χ1v) is 10.2. The van der Waals surface area contributed by atoms with Gasteiger partial charge < -0.3 is 9.47 Å². The van der Waals surface area contributed by atoms with Gasteiger partial charge in [0.15, 0.2) is 0 Å². The van der Waals surface area contributed by atoms with E-state index >= 15 is 0 Å². The Kier molecular flexibility index (Phi) is 6.37. The average Bonchev–Trinajstić information content (AvgIpc) is 2.70. The fourth-order valence-electron chi connectivity index (χ4n) is 2.78. The smallest absolute Gasteiger partial charge is 0.327 e. The lowest BCUT2D eigenvalue weighted by Crippen LogP contribution is -2.31. The molecule has 0 fully saturated rings. The molecule has 0 N–H and O–H groups in total. The van der Waals surface area contributed by atoms with E-state index in [1.807, 2.05) is 25.1 Å². The van der Waals surface area contributed by atoms with Crippen LogP contribution in [0.2, 0.25) is 0 Å². The van der Waals surface area contributed by atoms with Gasteiger partial charge in [-0.15, -0.1) is 0 Å². The lowest BCUT2D eigenvalue weighted by atomic mass is 10.1. The predicted molar refractivity (Wildman–Crippen MR) is 116 cm³/mol. The first kappa shape index (κ1) is 21.0. The highest BCUT2D eigenvalue weighted by Gasteiger charge is 2.30. The number of nitrogens with zero attached hydrogens (tertiary/aromatic N) is 2. The number of fused-ring (bicyclic) bond motifs is 1. The van der Waals surface area contributed by atoms with E-state index in [0.717, 1.165) is 0 Å². The molecule has 2 aromatic carbocycles. The number of esters is 1. The molecule has 7 heteroatoms. The molecule has 0 aliphatic carbocycles. The molecule has 29 heavy (non-hydrogen) atoms. The summed E-state index contributed by atoms with van der Waals surface area (Å²) in [6.07, 6.45) is 0.607. The number of carbonyl (C=O) groups is 1. The predicted octanol–water partition coefficient (Wildman–Crippen LogP) is 4.25. The molecule has 1 aromatic heterocycles. The lowest BCUT2D eigenvalue weighted by Gasteiger charge is -2.18. The molecule has 0 amide bonds. The number of ether oxygens (including phenoxy) is 2. The first-order chi connectivity index (χ1) is 13.8. The van der Waals surface area contributed by atoms with Crippen LogP contribution in [0.5, 0.6) is 11.5 Å². The van der Waals surface area contributed by atoms with Gasteiger partial charge in [-0.05, 0) is 44.5 Å². The Morgan fingerprint density at radius 1 is 1.17 bits per heavy atom. The molecule has 1 atom stereocenters. The normalized spacial score (nSPS) is 13.1. The van der Waals surface area contributed by atoms with Crippen molar-refractivity contribution < 1.29 is 14.3 Å². The van der Waals surface area contributed by atoms with E-state index in [9.17, 15) is 9.59 Å². The van der Waals surface area contributed by atoms with Crippen LogP contribution in [0.3, 0.4) is 0 Å². The Hall–Kier alpha value is -2.67. The maximum absolute atomic E-state index is 12.7. The molecular formula is C22H23BrN2O4. The molecular weight excluding hydrogens is 436 g/mol. The number of halogens is 1. The van der Waals surface area contributed by atoms with Crippen molar-refractivity contribution in [3.05, 3.63) is 64.7 Å². The minimum Gasteiger partial charge on any atom is -0.492 e. The summed E-state index contributed by atoms with van der Waals surface area (Å²) in [6.45, 7) is 6.12. The van der Waals surface area contributed by atoms with Crippen LogP contribution in [-0.4, -0.2) is 26.5 Å². The standard InChI is InChI=1S/C22H23BrN2O4/c1-4-22(3,23)21(27)29-17-9-7-8-16(14-17)28-13-12-25-15(2)24-19-11-6-5-10-18(19)20(25)26/h5-11,14H,4,12-13H2,1-3H3. The third-order valence-corrected chi connectivity index (χ3v) is 5.63. The summed E-state index contributed by atoms with van der Waals surface area (Å²) in [5.41, 5.74) is 0.600. The average molecular weight is 459 g/mol. The third-order valence-electron chi connectivity index (χ3n) is 4.74. The van der Waals surface area contributed by atoms with Gasteiger partial charge in [-0.2, -0.15) is 0 Å². The number of benzene rings is 2. The van der Waals surface area contributed by atoms with Crippen molar-refractivity contribution >= 4 is 32.8 Å². The zero-order valence-electron chi connectivity index (χ0n) is 16.6. The minimum atomic E-state index is -0.731. The second-order valence-corrected chi connectivity index (χ2v) is 8.65. The number of aryl methyl sites for hydroxylation is 1. The van der Waals surface area contributed by atoms with Crippen LogP contribution in [0.1, 0.15) is 26.1 Å². The summed E-state index contributed by atoms with van der Waals surface area (Å²) < 4.78 is 12.1. The Labute approximate surface area is 177 Å². The molecule has 152 valence electrons. The number of aromatic nitrogens is 2. The van der Waals surface area contributed by atoms with E-state index in [2.05, 4.69) is 20.9 Å². The summed E-state index contributed by atoms with van der Waals surface area (Å²) in [5.74, 6) is 1.24. The van der Waals surface area contributed by atoms with Crippen LogP contribution in [0.4, 0.5) is 0 Å². The minimum absolute atomic E-state index is 0.0875. The maximum atomic E-state index is 12.7. The highest BCUT2D eigenvalue weighted by atomic mass is 79.9. The van der Waals surface area contributed by atoms with Gasteiger partial charge in [0.05, 0.1) is 17.4 Å². The van der Waals surface area contributed by atoms with Crippen molar-refractivity contribution in [3.8, 4) is 11.5 Å². The van der Waals surface area contributed by atoms with Gasteiger partial charge in [0.1, 0.15) is 28.3 Å². The summed E-state index contributed by atoms with van der Waals surface area (Å²) >= 11 is 3.38. The highest BCUT2D eigenvalue weighted by molar-refractivity contribution is 9.10. The van der Waals surface area contributed by atoms with Crippen molar-refractivity contribution in [2.75, 3.05) is 6.61 Å².